The van der Waals surface area contributed by atoms with Gasteiger partial charge in [-0.2, -0.15) is 0 Å². The number of rotatable bonds is 6. The van der Waals surface area contributed by atoms with E-state index in [2.05, 4.69) is 29.2 Å². The van der Waals surface area contributed by atoms with Crippen LogP contribution in [0.25, 0.3) is 0 Å². The second-order valence-corrected chi connectivity index (χ2v) is 7.22. The summed E-state index contributed by atoms with van der Waals surface area (Å²) in [7, 11) is 1.65. The molecule has 5 nitrogen and oxygen atoms in total. The van der Waals surface area contributed by atoms with Gasteiger partial charge >= 0.3 is 0 Å². The van der Waals surface area contributed by atoms with Crippen molar-refractivity contribution in [2.24, 2.45) is 0 Å². The largest absolute Gasteiger partial charge is 0.491 e. The lowest BCUT2D eigenvalue weighted by atomic mass is 9.96. The number of hydrogen-bond acceptors (Lipinski definition) is 4. The quantitative estimate of drug-likeness (QED) is 0.696. The molecular formula is C22H27ClN2O3. The SMILES string of the molecule is COCCOc1ccc(C(=O)N2CC(N3CCc4ccccc4C3)C2)cc1.Cl. The van der Waals surface area contributed by atoms with Crippen molar-refractivity contribution in [3.8, 4) is 5.75 Å². The number of carbonyl (C=O) groups is 1. The molecule has 0 aromatic heterocycles. The normalized spacial score (nSPS) is 16.7. The molecule has 1 amide bonds. The van der Waals surface area contributed by atoms with Crippen molar-refractivity contribution < 1.29 is 14.3 Å². The van der Waals surface area contributed by atoms with E-state index in [1.165, 1.54) is 11.1 Å². The molecule has 1 fully saturated rings. The van der Waals surface area contributed by atoms with Crippen LogP contribution in [0.5, 0.6) is 5.75 Å². The van der Waals surface area contributed by atoms with Gasteiger partial charge in [0.25, 0.3) is 5.91 Å². The van der Waals surface area contributed by atoms with Gasteiger partial charge in [0.05, 0.1) is 6.61 Å². The molecule has 2 heterocycles. The van der Waals surface area contributed by atoms with E-state index < -0.39 is 0 Å². The first-order valence-corrected chi connectivity index (χ1v) is 9.56. The summed E-state index contributed by atoms with van der Waals surface area (Å²) >= 11 is 0. The first-order chi connectivity index (χ1) is 13.2. The molecule has 0 spiro atoms. The maximum atomic E-state index is 12.7. The highest BCUT2D eigenvalue weighted by Crippen LogP contribution is 2.25. The number of hydrogen-bond donors (Lipinski definition) is 0. The Labute approximate surface area is 172 Å². The predicted molar refractivity (Wildman–Crippen MR) is 111 cm³/mol. The van der Waals surface area contributed by atoms with Crippen LogP contribution in [0.3, 0.4) is 0 Å². The Morgan fingerprint density at radius 1 is 1.04 bits per heavy atom. The summed E-state index contributed by atoms with van der Waals surface area (Å²) in [6, 6.07) is 16.5. The summed E-state index contributed by atoms with van der Waals surface area (Å²) in [5, 5.41) is 0. The Hall–Kier alpha value is -2.08. The lowest BCUT2D eigenvalue weighted by Crippen LogP contribution is -2.61. The molecular weight excluding hydrogens is 376 g/mol. The van der Waals surface area contributed by atoms with Crippen LogP contribution in [0.15, 0.2) is 48.5 Å². The highest BCUT2D eigenvalue weighted by atomic mass is 35.5. The highest BCUT2D eigenvalue weighted by molar-refractivity contribution is 5.95. The molecule has 1 saturated heterocycles. The summed E-state index contributed by atoms with van der Waals surface area (Å²) in [6.07, 6.45) is 1.10. The number of carbonyl (C=O) groups excluding carboxylic acids is 1. The summed E-state index contributed by atoms with van der Waals surface area (Å²) < 4.78 is 10.5. The number of fused-ring (bicyclic) bond motifs is 1. The van der Waals surface area contributed by atoms with E-state index >= 15 is 0 Å². The molecule has 150 valence electrons. The fourth-order valence-corrected chi connectivity index (χ4v) is 3.80. The number of benzene rings is 2. The Morgan fingerprint density at radius 2 is 1.75 bits per heavy atom. The number of methoxy groups -OCH3 is 1. The molecule has 0 unspecified atom stereocenters. The van der Waals surface area contributed by atoms with Gasteiger partial charge in [-0.15, -0.1) is 12.4 Å². The molecule has 0 saturated carbocycles. The zero-order valence-corrected chi connectivity index (χ0v) is 17.0. The molecule has 0 aliphatic carbocycles. The number of likely N-dealkylation sites (tertiary alicyclic amines) is 1. The highest BCUT2D eigenvalue weighted by Gasteiger charge is 2.36. The molecule has 2 aromatic rings. The van der Waals surface area contributed by atoms with Crippen LogP contribution < -0.4 is 4.74 Å². The second kappa shape index (κ2) is 9.41. The van der Waals surface area contributed by atoms with Gasteiger partial charge in [-0.25, -0.2) is 0 Å². The summed E-state index contributed by atoms with van der Waals surface area (Å²) in [6.45, 7) is 4.77. The smallest absolute Gasteiger partial charge is 0.253 e. The number of nitrogens with zero attached hydrogens (tertiary/aromatic N) is 2. The number of amides is 1. The molecule has 0 bridgehead atoms. The lowest BCUT2D eigenvalue weighted by Gasteiger charge is -2.47. The van der Waals surface area contributed by atoms with E-state index in [-0.39, 0.29) is 18.3 Å². The Morgan fingerprint density at radius 3 is 2.46 bits per heavy atom. The van der Waals surface area contributed by atoms with Gasteiger partial charge in [0, 0.05) is 44.9 Å². The monoisotopic (exact) mass is 402 g/mol. The summed E-state index contributed by atoms with van der Waals surface area (Å²) in [5.41, 5.74) is 3.61. The molecule has 0 atom stereocenters. The van der Waals surface area contributed by atoms with Crippen LogP contribution >= 0.6 is 12.4 Å². The maximum absolute atomic E-state index is 12.7. The van der Waals surface area contributed by atoms with Crippen LogP contribution in [0, 0.1) is 0 Å². The Bertz CT molecular complexity index is 791. The molecule has 4 rings (SSSR count). The van der Waals surface area contributed by atoms with Gasteiger partial charge in [-0.3, -0.25) is 9.69 Å². The standard InChI is InChI=1S/C22H26N2O3.ClH/c1-26-12-13-27-21-8-6-18(7-9-21)22(25)24-15-20(16-24)23-11-10-17-4-2-3-5-19(17)14-23;/h2-9,20H,10-16H2,1H3;1H. The van der Waals surface area contributed by atoms with Crippen LogP contribution in [-0.4, -0.2) is 61.7 Å². The van der Waals surface area contributed by atoms with Crippen molar-refractivity contribution in [1.82, 2.24) is 9.80 Å². The molecule has 6 heteroatoms. The van der Waals surface area contributed by atoms with Crippen molar-refractivity contribution >= 4 is 18.3 Å². The summed E-state index contributed by atoms with van der Waals surface area (Å²) in [4.78, 5) is 17.1. The van der Waals surface area contributed by atoms with Gasteiger partial charge in [-0.1, -0.05) is 24.3 Å². The van der Waals surface area contributed by atoms with Crippen LogP contribution in [0.2, 0.25) is 0 Å². The third-order valence-electron chi connectivity index (χ3n) is 5.48. The molecule has 2 aliphatic heterocycles. The van der Waals surface area contributed by atoms with E-state index in [1.807, 2.05) is 29.2 Å². The topological polar surface area (TPSA) is 42.0 Å². The third-order valence-corrected chi connectivity index (χ3v) is 5.48. The molecule has 0 radical (unpaired) electrons. The average Bonchev–Trinajstić information content (AvgIpc) is 2.67. The van der Waals surface area contributed by atoms with Crippen LogP contribution in [-0.2, 0) is 17.7 Å². The van der Waals surface area contributed by atoms with Gasteiger partial charge in [-0.05, 0) is 41.8 Å². The van der Waals surface area contributed by atoms with E-state index in [4.69, 9.17) is 9.47 Å². The Balaban J connectivity index is 0.00000225. The van der Waals surface area contributed by atoms with Crippen molar-refractivity contribution in [1.29, 1.82) is 0 Å². The molecule has 28 heavy (non-hydrogen) atoms. The van der Waals surface area contributed by atoms with Crippen LogP contribution in [0.4, 0.5) is 0 Å². The van der Waals surface area contributed by atoms with Gasteiger partial charge in [0.1, 0.15) is 12.4 Å². The van der Waals surface area contributed by atoms with E-state index in [1.54, 1.807) is 7.11 Å². The van der Waals surface area contributed by atoms with Crippen molar-refractivity contribution in [3.63, 3.8) is 0 Å². The van der Waals surface area contributed by atoms with Gasteiger partial charge < -0.3 is 14.4 Å². The fraction of sp³-hybridized carbons (Fsp3) is 0.409. The number of halogens is 1. The second-order valence-electron chi connectivity index (χ2n) is 7.22. The first kappa shape index (κ1) is 20.6. The minimum Gasteiger partial charge on any atom is -0.491 e. The zero-order chi connectivity index (χ0) is 18.6. The van der Waals surface area contributed by atoms with E-state index in [9.17, 15) is 4.79 Å². The van der Waals surface area contributed by atoms with Crippen molar-refractivity contribution in [2.75, 3.05) is 40.0 Å². The fourth-order valence-electron chi connectivity index (χ4n) is 3.80. The predicted octanol–water partition coefficient (Wildman–Crippen LogP) is 3.02. The van der Waals surface area contributed by atoms with E-state index in [0.29, 0.717) is 19.3 Å². The van der Waals surface area contributed by atoms with Crippen molar-refractivity contribution in [2.45, 2.75) is 19.0 Å². The van der Waals surface area contributed by atoms with Crippen LogP contribution in [0.1, 0.15) is 21.5 Å². The first-order valence-electron chi connectivity index (χ1n) is 9.56. The minimum absolute atomic E-state index is 0. The minimum atomic E-state index is 0. The molecule has 0 N–H and O–H groups in total. The van der Waals surface area contributed by atoms with Gasteiger partial charge in [0.15, 0.2) is 0 Å². The Kier molecular flexibility index (Phi) is 6.94. The average molecular weight is 403 g/mol. The number of ether oxygens (including phenoxy) is 2. The summed E-state index contributed by atoms with van der Waals surface area (Å²) in [5.74, 6) is 0.865. The van der Waals surface area contributed by atoms with E-state index in [0.717, 1.165) is 43.9 Å². The van der Waals surface area contributed by atoms with Gasteiger partial charge in [0.2, 0.25) is 0 Å². The molecule has 2 aromatic carbocycles. The molecule has 2 aliphatic rings. The zero-order valence-electron chi connectivity index (χ0n) is 16.2. The maximum Gasteiger partial charge on any atom is 0.253 e. The lowest BCUT2D eigenvalue weighted by molar-refractivity contribution is 0.0218. The van der Waals surface area contributed by atoms with Crippen molar-refractivity contribution in [3.05, 3.63) is 65.2 Å². The third kappa shape index (κ3) is 4.49.